The number of hydrogen-bond donors (Lipinski definition) is 0. The Morgan fingerprint density at radius 2 is 0.833 bits per heavy atom. The van der Waals surface area contributed by atoms with Crippen molar-refractivity contribution in [2.45, 2.75) is 0 Å². The molecule has 0 spiro atoms. The highest BCUT2D eigenvalue weighted by Crippen LogP contribution is 2.41. The van der Waals surface area contributed by atoms with E-state index in [1.54, 1.807) is 6.07 Å². The van der Waals surface area contributed by atoms with Crippen molar-refractivity contribution in [2.24, 2.45) is 0 Å². The molecular formula is C44H28N2O2. The lowest BCUT2D eigenvalue weighted by Crippen LogP contribution is -2.30. The van der Waals surface area contributed by atoms with E-state index in [9.17, 15) is 9.59 Å². The molecular weight excluding hydrogens is 588 g/mol. The number of fused-ring (bicyclic) bond motifs is 4. The van der Waals surface area contributed by atoms with E-state index in [-0.39, 0.29) is 11.8 Å². The second kappa shape index (κ2) is 11.1. The second-order valence-corrected chi connectivity index (χ2v) is 12.1. The molecule has 0 aliphatic carbocycles. The Kier molecular flexibility index (Phi) is 6.41. The van der Waals surface area contributed by atoms with E-state index in [1.165, 1.54) is 4.90 Å². The highest BCUT2D eigenvalue weighted by molar-refractivity contribution is 6.36. The predicted octanol–water partition coefficient (Wildman–Crippen LogP) is 10.6. The first kappa shape index (κ1) is 27.8. The van der Waals surface area contributed by atoms with Crippen LogP contribution in [0.5, 0.6) is 0 Å². The van der Waals surface area contributed by atoms with Crippen molar-refractivity contribution in [3.63, 3.8) is 0 Å². The lowest BCUT2D eigenvalue weighted by molar-refractivity contribution is 0.0926. The largest absolute Gasteiger partial charge is 0.308 e. The summed E-state index contributed by atoms with van der Waals surface area (Å²) in [5.41, 5.74) is 10.2. The Morgan fingerprint density at radius 3 is 1.42 bits per heavy atom. The monoisotopic (exact) mass is 616 g/mol. The predicted molar refractivity (Wildman–Crippen MR) is 195 cm³/mol. The number of hydrogen-bond acceptors (Lipinski definition) is 2. The zero-order valence-corrected chi connectivity index (χ0v) is 25.9. The first-order valence-electron chi connectivity index (χ1n) is 16.0. The van der Waals surface area contributed by atoms with Crippen LogP contribution in [0, 0.1) is 0 Å². The van der Waals surface area contributed by atoms with Crippen molar-refractivity contribution in [1.29, 1.82) is 0 Å². The minimum atomic E-state index is -0.328. The molecule has 0 unspecified atom stereocenters. The first-order chi connectivity index (χ1) is 23.7. The summed E-state index contributed by atoms with van der Waals surface area (Å²) >= 11 is 0. The molecule has 1 aromatic heterocycles. The number of carbonyl (C=O) groups is 2. The van der Waals surface area contributed by atoms with Crippen LogP contribution in [0.4, 0.5) is 5.69 Å². The van der Waals surface area contributed by atoms with E-state index in [0.29, 0.717) is 22.5 Å². The van der Waals surface area contributed by atoms with Crippen LogP contribution in [-0.4, -0.2) is 16.4 Å². The van der Waals surface area contributed by atoms with E-state index < -0.39 is 0 Å². The Labute approximate surface area is 277 Å². The number of nitrogens with zero attached hydrogens (tertiary/aromatic N) is 2. The van der Waals surface area contributed by atoms with Gasteiger partial charge in [0.15, 0.2) is 0 Å². The van der Waals surface area contributed by atoms with E-state index in [4.69, 9.17) is 0 Å². The summed E-state index contributed by atoms with van der Waals surface area (Å²) in [6.07, 6.45) is 0. The Balaban J connectivity index is 1.27. The quantitative estimate of drug-likeness (QED) is 0.181. The van der Waals surface area contributed by atoms with Gasteiger partial charge >= 0.3 is 0 Å². The lowest BCUT2D eigenvalue weighted by Gasteiger charge is -2.18. The van der Waals surface area contributed by atoms with E-state index in [1.807, 2.05) is 103 Å². The standard InChI is InChI=1S/C44H28N2O2/c47-43-35-20-12-22-41(42(35)44(48)46(43)38-21-11-10-19-34(38)31-17-8-3-9-18-31)45-39-25-23-32(29-13-4-1-5-14-29)27-36(39)37-28-33(24-26-40(37)45)30-15-6-2-7-16-30/h1-28H. The van der Waals surface area contributed by atoms with Gasteiger partial charge in [-0.15, -0.1) is 0 Å². The Morgan fingerprint density at radius 1 is 0.354 bits per heavy atom. The van der Waals surface area contributed by atoms with Gasteiger partial charge < -0.3 is 4.57 Å². The minimum absolute atomic E-state index is 0.321. The number of carbonyl (C=O) groups excluding carboxylic acids is 2. The van der Waals surface area contributed by atoms with E-state index >= 15 is 0 Å². The maximum absolute atomic E-state index is 14.5. The number of benzene rings is 7. The number of imide groups is 1. The molecule has 0 fully saturated rings. The van der Waals surface area contributed by atoms with Crippen molar-refractivity contribution in [1.82, 2.24) is 4.57 Å². The molecule has 0 radical (unpaired) electrons. The molecule has 0 saturated heterocycles. The summed E-state index contributed by atoms with van der Waals surface area (Å²) in [4.78, 5) is 30.0. The van der Waals surface area contributed by atoms with Crippen LogP contribution in [0.1, 0.15) is 20.7 Å². The molecule has 8 aromatic rings. The van der Waals surface area contributed by atoms with Crippen LogP contribution in [-0.2, 0) is 0 Å². The fourth-order valence-electron chi connectivity index (χ4n) is 7.11. The number of anilines is 1. The zero-order valence-electron chi connectivity index (χ0n) is 25.9. The van der Waals surface area contributed by atoms with Gasteiger partial charge in [0.2, 0.25) is 0 Å². The summed E-state index contributed by atoms with van der Waals surface area (Å²) < 4.78 is 2.14. The molecule has 2 amide bonds. The van der Waals surface area contributed by atoms with Crippen molar-refractivity contribution in [2.75, 3.05) is 4.90 Å². The first-order valence-corrected chi connectivity index (χ1v) is 16.0. The molecule has 0 bridgehead atoms. The summed E-state index contributed by atoms with van der Waals surface area (Å²) in [5, 5.41) is 2.15. The highest BCUT2D eigenvalue weighted by atomic mass is 16.2. The van der Waals surface area contributed by atoms with Gasteiger partial charge in [0, 0.05) is 16.3 Å². The van der Waals surface area contributed by atoms with E-state index in [2.05, 4.69) is 65.2 Å². The van der Waals surface area contributed by atoms with Gasteiger partial charge in [-0.05, 0) is 70.3 Å². The molecule has 1 aliphatic rings. The molecule has 4 heteroatoms. The van der Waals surface area contributed by atoms with Gasteiger partial charge in [0.05, 0.1) is 33.5 Å². The molecule has 48 heavy (non-hydrogen) atoms. The number of para-hydroxylation sites is 1. The molecule has 0 saturated carbocycles. The number of rotatable bonds is 5. The SMILES string of the molecule is O=C1c2cccc(-n3c4ccc(-c5ccccc5)cc4c4cc(-c5ccccc5)ccc43)c2C(=O)N1c1ccccc1-c1ccccc1. The van der Waals surface area contributed by atoms with Crippen LogP contribution in [0.25, 0.3) is 60.9 Å². The average molecular weight is 617 g/mol. The molecule has 1 aliphatic heterocycles. The summed E-state index contributed by atoms with van der Waals surface area (Å²) in [6.45, 7) is 0. The van der Waals surface area contributed by atoms with Gasteiger partial charge in [-0.2, -0.15) is 0 Å². The molecule has 226 valence electrons. The highest BCUT2D eigenvalue weighted by Gasteiger charge is 2.40. The van der Waals surface area contributed by atoms with Crippen molar-refractivity contribution < 1.29 is 9.59 Å². The van der Waals surface area contributed by atoms with Crippen molar-refractivity contribution in [3.8, 4) is 39.1 Å². The molecule has 0 atom stereocenters. The maximum atomic E-state index is 14.5. The third-order valence-corrected chi connectivity index (χ3v) is 9.34. The second-order valence-electron chi connectivity index (χ2n) is 12.1. The zero-order chi connectivity index (χ0) is 32.2. The van der Waals surface area contributed by atoms with Crippen LogP contribution >= 0.6 is 0 Å². The smallest absolute Gasteiger partial charge is 0.268 e. The topological polar surface area (TPSA) is 42.3 Å². The van der Waals surface area contributed by atoms with Gasteiger partial charge in [-0.1, -0.05) is 127 Å². The number of amides is 2. The van der Waals surface area contributed by atoms with Gasteiger partial charge in [0.1, 0.15) is 0 Å². The normalized spacial score (nSPS) is 12.6. The molecule has 7 aromatic carbocycles. The molecule has 4 nitrogen and oxygen atoms in total. The fourth-order valence-corrected chi connectivity index (χ4v) is 7.11. The molecule has 0 N–H and O–H groups in total. The van der Waals surface area contributed by atoms with Gasteiger partial charge in [0.25, 0.3) is 11.8 Å². The van der Waals surface area contributed by atoms with Gasteiger partial charge in [-0.3, -0.25) is 9.59 Å². The summed E-state index contributed by atoms with van der Waals surface area (Å²) in [6, 6.07) is 56.7. The summed E-state index contributed by atoms with van der Waals surface area (Å²) in [5.74, 6) is -0.649. The van der Waals surface area contributed by atoms with E-state index in [0.717, 1.165) is 55.2 Å². The van der Waals surface area contributed by atoms with Gasteiger partial charge in [-0.25, -0.2) is 4.90 Å². The molecule has 2 heterocycles. The third-order valence-electron chi connectivity index (χ3n) is 9.34. The fraction of sp³-hybridized carbons (Fsp3) is 0. The van der Waals surface area contributed by atoms with Crippen LogP contribution in [0.15, 0.2) is 170 Å². The average Bonchev–Trinajstić information content (AvgIpc) is 3.62. The van der Waals surface area contributed by atoms with Crippen LogP contribution in [0.3, 0.4) is 0 Å². The third kappa shape index (κ3) is 4.31. The van der Waals surface area contributed by atoms with Crippen LogP contribution in [0.2, 0.25) is 0 Å². The Hall–Kier alpha value is -6.52. The lowest BCUT2D eigenvalue weighted by atomic mass is 10.0. The Bertz CT molecular complexity index is 2440. The summed E-state index contributed by atoms with van der Waals surface area (Å²) in [7, 11) is 0. The van der Waals surface area contributed by atoms with Crippen molar-refractivity contribution >= 4 is 39.3 Å². The molecule has 9 rings (SSSR count). The minimum Gasteiger partial charge on any atom is -0.308 e. The van der Waals surface area contributed by atoms with Crippen molar-refractivity contribution in [3.05, 3.63) is 181 Å². The maximum Gasteiger partial charge on any atom is 0.268 e. The number of aromatic nitrogens is 1. The van der Waals surface area contributed by atoms with Crippen LogP contribution < -0.4 is 4.90 Å².